The quantitative estimate of drug-likeness (QED) is 0.170. The molecule has 0 aliphatic rings. The van der Waals surface area contributed by atoms with E-state index in [0.717, 1.165) is 50.1 Å². The molecule has 0 saturated heterocycles. The van der Waals surface area contributed by atoms with Crippen molar-refractivity contribution in [3.8, 4) is 78.7 Å². The van der Waals surface area contributed by atoms with Gasteiger partial charge in [0.05, 0.1) is 0 Å². The van der Waals surface area contributed by atoms with Gasteiger partial charge in [0.2, 0.25) is 0 Å². The van der Waals surface area contributed by atoms with Crippen molar-refractivity contribution in [2.45, 2.75) is 0 Å². The van der Waals surface area contributed by atoms with Crippen molar-refractivity contribution in [3.63, 3.8) is 0 Å². The topological polar surface area (TPSA) is 38.7 Å². The molecule has 1 aromatic heterocycles. The standard InChI is InChI=1S/C49H33N3/c1-4-15-34(16-5-1)35-29-31-39(32-30-35)47-50-48(41-24-12-23-40(33-41)43-26-13-22-36-19-10-11-25-42(36)43)52-49(51-47)45-28-14-27-44(37-17-6-2-7-18-37)46(45)38-20-8-3-9-21-38/h1-33H. The summed E-state index contributed by atoms with van der Waals surface area (Å²) in [6.45, 7) is 0. The van der Waals surface area contributed by atoms with E-state index < -0.39 is 0 Å². The van der Waals surface area contributed by atoms with Crippen LogP contribution in [0.4, 0.5) is 0 Å². The average Bonchev–Trinajstić information content (AvgIpc) is 3.24. The molecule has 3 heteroatoms. The summed E-state index contributed by atoms with van der Waals surface area (Å²) in [4.78, 5) is 15.6. The Morgan fingerprint density at radius 2 is 0.712 bits per heavy atom. The zero-order valence-corrected chi connectivity index (χ0v) is 28.4. The summed E-state index contributed by atoms with van der Waals surface area (Å²) in [5, 5.41) is 2.42. The molecule has 0 N–H and O–H groups in total. The maximum atomic E-state index is 5.26. The van der Waals surface area contributed by atoms with Gasteiger partial charge in [-0.1, -0.05) is 194 Å². The van der Waals surface area contributed by atoms with Crippen LogP contribution in [0.1, 0.15) is 0 Å². The fourth-order valence-corrected chi connectivity index (χ4v) is 7.01. The molecule has 244 valence electrons. The maximum absolute atomic E-state index is 5.26. The van der Waals surface area contributed by atoms with E-state index in [2.05, 4.69) is 194 Å². The Morgan fingerprint density at radius 3 is 1.46 bits per heavy atom. The Morgan fingerprint density at radius 1 is 0.250 bits per heavy atom. The highest BCUT2D eigenvalue weighted by molar-refractivity contribution is 5.97. The second kappa shape index (κ2) is 13.7. The second-order valence-corrected chi connectivity index (χ2v) is 12.8. The van der Waals surface area contributed by atoms with Gasteiger partial charge in [-0.25, -0.2) is 15.0 Å². The molecule has 0 radical (unpaired) electrons. The Hall–Kier alpha value is -6.97. The lowest BCUT2D eigenvalue weighted by Gasteiger charge is -2.16. The van der Waals surface area contributed by atoms with E-state index >= 15 is 0 Å². The predicted octanol–water partition coefficient (Wildman–Crippen LogP) is 12.7. The van der Waals surface area contributed by atoms with Crippen molar-refractivity contribution in [2.24, 2.45) is 0 Å². The van der Waals surface area contributed by atoms with Crippen molar-refractivity contribution >= 4 is 10.8 Å². The van der Waals surface area contributed by atoms with Gasteiger partial charge in [-0.2, -0.15) is 0 Å². The van der Waals surface area contributed by atoms with Crippen molar-refractivity contribution in [2.75, 3.05) is 0 Å². The third kappa shape index (κ3) is 6.06. The molecule has 8 aromatic carbocycles. The molecule has 0 aliphatic heterocycles. The second-order valence-electron chi connectivity index (χ2n) is 12.8. The molecule has 0 atom stereocenters. The van der Waals surface area contributed by atoms with Crippen molar-refractivity contribution in [3.05, 3.63) is 200 Å². The molecule has 0 bridgehead atoms. The van der Waals surface area contributed by atoms with Gasteiger partial charge in [0.1, 0.15) is 0 Å². The summed E-state index contributed by atoms with van der Waals surface area (Å²) in [6.07, 6.45) is 0. The predicted molar refractivity (Wildman–Crippen MR) is 215 cm³/mol. The van der Waals surface area contributed by atoms with Crippen LogP contribution in [-0.2, 0) is 0 Å². The Bertz CT molecular complexity index is 2650. The molecule has 0 amide bonds. The van der Waals surface area contributed by atoms with Gasteiger partial charge in [0.25, 0.3) is 0 Å². The summed E-state index contributed by atoms with van der Waals surface area (Å²) in [6, 6.07) is 69.9. The number of hydrogen-bond acceptors (Lipinski definition) is 3. The number of rotatable bonds is 7. The van der Waals surface area contributed by atoms with Crippen LogP contribution in [0.15, 0.2) is 200 Å². The molecule has 0 fully saturated rings. The van der Waals surface area contributed by atoms with Crippen molar-refractivity contribution in [1.82, 2.24) is 15.0 Å². The van der Waals surface area contributed by atoms with E-state index in [4.69, 9.17) is 15.0 Å². The van der Waals surface area contributed by atoms with Gasteiger partial charge in [0, 0.05) is 22.3 Å². The lowest BCUT2D eigenvalue weighted by atomic mass is 9.90. The van der Waals surface area contributed by atoms with E-state index in [1.54, 1.807) is 0 Å². The van der Waals surface area contributed by atoms with Gasteiger partial charge in [-0.15, -0.1) is 0 Å². The molecule has 0 saturated carbocycles. The first-order valence-corrected chi connectivity index (χ1v) is 17.5. The van der Waals surface area contributed by atoms with Gasteiger partial charge >= 0.3 is 0 Å². The highest BCUT2D eigenvalue weighted by Crippen LogP contribution is 2.40. The molecular formula is C49H33N3. The van der Waals surface area contributed by atoms with Crippen LogP contribution in [0.25, 0.3) is 89.4 Å². The first-order chi connectivity index (χ1) is 25.8. The monoisotopic (exact) mass is 663 g/mol. The summed E-state index contributed by atoms with van der Waals surface area (Å²) < 4.78 is 0. The number of aromatic nitrogens is 3. The van der Waals surface area contributed by atoms with Gasteiger partial charge in [-0.3, -0.25) is 0 Å². The maximum Gasteiger partial charge on any atom is 0.164 e. The minimum atomic E-state index is 0.623. The van der Waals surface area contributed by atoms with Crippen LogP contribution in [0.2, 0.25) is 0 Å². The third-order valence-electron chi connectivity index (χ3n) is 9.56. The third-order valence-corrected chi connectivity index (χ3v) is 9.56. The molecule has 9 rings (SSSR count). The van der Waals surface area contributed by atoms with E-state index in [0.29, 0.717) is 17.5 Å². The summed E-state index contributed by atoms with van der Waals surface area (Å²) in [5.41, 5.74) is 11.8. The fraction of sp³-hybridized carbons (Fsp3) is 0. The lowest BCUT2D eigenvalue weighted by molar-refractivity contribution is 1.07. The van der Waals surface area contributed by atoms with Crippen LogP contribution < -0.4 is 0 Å². The van der Waals surface area contributed by atoms with Gasteiger partial charge in [-0.05, 0) is 55.8 Å². The number of fused-ring (bicyclic) bond motifs is 1. The molecule has 0 aliphatic carbocycles. The molecule has 1 heterocycles. The molecule has 0 unspecified atom stereocenters. The molecular weight excluding hydrogens is 631 g/mol. The average molecular weight is 664 g/mol. The first kappa shape index (κ1) is 31.0. The number of hydrogen-bond donors (Lipinski definition) is 0. The van der Waals surface area contributed by atoms with Crippen LogP contribution in [0.3, 0.4) is 0 Å². The normalized spacial score (nSPS) is 11.1. The van der Waals surface area contributed by atoms with Crippen LogP contribution in [0, 0.1) is 0 Å². The largest absolute Gasteiger partial charge is 0.208 e. The molecule has 9 aromatic rings. The van der Waals surface area contributed by atoms with E-state index in [-0.39, 0.29) is 0 Å². The SMILES string of the molecule is c1ccc(-c2ccc(-c3nc(-c4cccc(-c5cccc6ccccc56)c4)nc(-c4cccc(-c5ccccc5)c4-c4ccccc4)n3)cc2)cc1. The fourth-order valence-electron chi connectivity index (χ4n) is 7.01. The molecule has 3 nitrogen and oxygen atoms in total. The minimum absolute atomic E-state index is 0.623. The zero-order valence-electron chi connectivity index (χ0n) is 28.4. The van der Waals surface area contributed by atoms with Crippen molar-refractivity contribution in [1.29, 1.82) is 0 Å². The van der Waals surface area contributed by atoms with Gasteiger partial charge in [0.15, 0.2) is 17.5 Å². The van der Waals surface area contributed by atoms with Crippen LogP contribution >= 0.6 is 0 Å². The lowest BCUT2D eigenvalue weighted by Crippen LogP contribution is -2.02. The zero-order chi connectivity index (χ0) is 34.7. The Balaban J connectivity index is 1.25. The Kier molecular flexibility index (Phi) is 8.20. The minimum Gasteiger partial charge on any atom is -0.208 e. The molecule has 52 heavy (non-hydrogen) atoms. The highest BCUT2D eigenvalue weighted by atomic mass is 15.0. The Labute approximate surface area is 303 Å². The number of nitrogens with zero attached hydrogens (tertiary/aromatic N) is 3. The van der Waals surface area contributed by atoms with E-state index in [1.807, 2.05) is 6.07 Å². The van der Waals surface area contributed by atoms with Gasteiger partial charge < -0.3 is 0 Å². The molecule has 0 spiro atoms. The summed E-state index contributed by atoms with van der Waals surface area (Å²) >= 11 is 0. The summed E-state index contributed by atoms with van der Waals surface area (Å²) in [7, 11) is 0. The van der Waals surface area contributed by atoms with Crippen LogP contribution in [0.5, 0.6) is 0 Å². The first-order valence-electron chi connectivity index (χ1n) is 17.5. The van der Waals surface area contributed by atoms with E-state index in [1.165, 1.54) is 21.9 Å². The van der Waals surface area contributed by atoms with E-state index in [9.17, 15) is 0 Å². The van der Waals surface area contributed by atoms with Crippen molar-refractivity contribution < 1.29 is 0 Å². The number of benzene rings is 8. The van der Waals surface area contributed by atoms with Crippen LogP contribution in [-0.4, -0.2) is 15.0 Å². The highest BCUT2D eigenvalue weighted by Gasteiger charge is 2.19. The smallest absolute Gasteiger partial charge is 0.164 e. The summed E-state index contributed by atoms with van der Waals surface area (Å²) in [5.74, 6) is 1.87.